The van der Waals surface area contributed by atoms with Crippen LogP contribution in [0.4, 0.5) is 8.78 Å². The van der Waals surface area contributed by atoms with E-state index in [-0.39, 0.29) is 11.7 Å². The summed E-state index contributed by atoms with van der Waals surface area (Å²) in [6.45, 7) is -1.52. The predicted molar refractivity (Wildman–Crippen MR) is 91.1 cm³/mol. The number of amides is 1. The molecule has 2 aromatic rings. The summed E-state index contributed by atoms with van der Waals surface area (Å²) in [4.78, 5) is 14.9. The van der Waals surface area contributed by atoms with Crippen molar-refractivity contribution < 1.29 is 18.3 Å². The molecule has 26 heavy (non-hydrogen) atoms. The summed E-state index contributed by atoms with van der Waals surface area (Å²) in [6.07, 6.45) is 4.68. The molecule has 138 valence electrons. The molecule has 2 unspecified atom stereocenters. The van der Waals surface area contributed by atoms with E-state index in [4.69, 9.17) is 0 Å². The highest BCUT2D eigenvalue weighted by Crippen LogP contribution is 2.28. The summed E-state index contributed by atoms with van der Waals surface area (Å²) in [5.41, 5.74) is 1.53. The van der Waals surface area contributed by atoms with Crippen LogP contribution >= 0.6 is 0 Å². The first kappa shape index (κ1) is 17.0. The molecule has 1 amide bonds. The number of carbonyl (C=O) groups is 1. The maximum absolute atomic E-state index is 13.0. The maximum atomic E-state index is 13.0. The smallest absolute Gasteiger partial charge is 0.387 e. The highest BCUT2D eigenvalue weighted by molar-refractivity contribution is 5.99. The molecule has 2 saturated heterocycles. The third-order valence-electron chi connectivity index (χ3n) is 5.03. The van der Waals surface area contributed by atoms with Crippen molar-refractivity contribution in [3.8, 4) is 17.0 Å². The van der Waals surface area contributed by atoms with E-state index in [0.717, 1.165) is 12.8 Å². The van der Waals surface area contributed by atoms with Crippen molar-refractivity contribution in [2.75, 3.05) is 13.1 Å². The van der Waals surface area contributed by atoms with E-state index in [0.29, 0.717) is 42.0 Å². The molecule has 0 radical (unpaired) electrons. The van der Waals surface area contributed by atoms with Crippen LogP contribution in [0.5, 0.6) is 5.75 Å². The molecule has 2 fully saturated rings. The number of nitrogens with zero attached hydrogens (tertiary/aromatic N) is 2. The Hall–Kier alpha value is -2.48. The molecule has 0 spiro atoms. The number of alkyl halides is 2. The van der Waals surface area contributed by atoms with Gasteiger partial charge in [0.15, 0.2) is 0 Å². The minimum Gasteiger partial charge on any atom is -0.435 e. The second kappa shape index (κ2) is 7.03. The van der Waals surface area contributed by atoms with Crippen LogP contribution in [0.1, 0.15) is 29.6 Å². The van der Waals surface area contributed by atoms with Gasteiger partial charge in [0, 0.05) is 30.7 Å². The number of hydrogen-bond acceptors (Lipinski definition) is 4. The molecule has 2 bridgehead atoms. The van der Waals surface area contributed by atoms with Crippen molar-refractivity contribution in [2.45, 2.75) is 38.0 Å². The molecular weight excluding hydrogens is 342 g/mol. The Kier molecular flexibility index (Phi) is 4.58. The molecule has 0 aliphatic carbocycles. The number of hydrogen-bond donors (Lipinski definition) is 2. The van der Waals surface area contributed by atoms with Crippen molar-refractivity contribution in [1.82, 2.24) is 20.4 Å². The minimum absolute atomic E-state index is 0.0433. The molecule has 0 saturated carbocycles. The van der Waals surface area contributed by atoms with Crippen LogP contribution < -0.4 is 10.1 Å². The van der Waals surface area contributed by atoms with E-state index in [1.807, 2.05) is 4.90 Å². The summed E-state index contributed by atoms with van der Waals surface area (Å²) in [5, 5.41) is 10.4. The Morgan fingerprint density at radius 1 is 1.27 bits per heavy atom. The lowest BCUT2D eigenvalue weighted by Crippen LogP contribution is -2.39. The standard InChI is InChI=1S/C18H20F2N4O2/c19-18(20)26-14-3-1-2-11(8-14)16-15(9-21-23-16)17(25)24-7-6-12-4-5-13(10-24)22-12/h1-3,8-9,12-13,18,22H,4-7,10H2,(H,21,23). The Morgan fingerprint density at radius 2 is 2.12 bits per heavy atom. The largest absolute Gasteiger partial charge is 0.435 e. The van der Waals surface area contributed by atoms with E-state index < -0.39 is 6.61 Å². The number of H-pyrrole nitrogens is 1. The zero-order valence-electron chi connectivity index (χ0n) is 14.1. The van der Waals surface area contributed by atoms with Crippen LogP contribution in [0.25, 0.3) is 11.3 Å². The third kappa shape index (κ3) is 3.41. The van der Waals surface area contributed by atoms with Crippen molar-refractivity contribution in [3.05, 3.63) is 36.0 Å². The third-order valence-corrected chi connectivity index (χ3v) is 5.03. The number of benzene rings is 1. The molecule has 2 N–H and O–H groups in total. The molecule has 1 aromatic heterocycles. The molecule has 6 nitrogen and oxygen atoms in total. The number of halogens is 2. The summed E-state index contributed by atoms with van der Waals surface area (Å²) < 4.78 is 29.3. The number of likely N-dealkylation sites (tertiary alicyclic amines) is 1. The first-order valence-corrected chi connectivity index (χ1v) is 8.74. The number of fused-ring (bicyclic) bond motifs is 2. The van der Waals surface area contributed by atoms with Crippen LogP contribution in [-0.4, -0.2) is 52.8 Å². The summed E-state index contributed by atoms with van der Waals surface area (Å²) >= 11 is 0. The summed E-state index contributed by atoms with van der Waals surface area (Å²) in [6, 6.07) is 7.09. The fourth-order valence-corrected chi connectivity index (χ4v) is 3.79. The van der Waals surface area contributed by atoms with E-state index in [1.54, 1.807) is 12.1 Å². The van der Waals surface area contributed by atoms with Crippen LogP contribution in [0, 0.1) is 0 Å². The van der Waals surface area contributed by atoms with E-state index in [2.05, 4.69) is 20.3 Å². The van der Waals surface area contributed by atoms with Gasteiger partial charge in [-0.25, -0.2) is 0 Å². The topological polar surface area (TPSA) is 70.2 Å². The minimum atomic E-state index is -2.90. The van der Waals surface area contributed by atoms with Crippen LogP contribution in [0.3, 0.4) is 0 Å². The van der Waals surface area contributed by atoms with E-state index in [1.165, 1.54) is 24.8 Å². The normalized spacial score (nSPS) is 22.5. The zero-order chi connectivity index (χ0) is 18.1. The molecule has 3 heterocycles. The molecule has 8 heteroatoms. The average molecular weight is 362 g/mol. The van der Waals surface area contributed by atoms with Crippen molar-refractivity contribution in [3.63, 3.8) is 0 Å². The fraction of sp³-hybridized carbons (Fsp3) is 0.444. The first-order valence-electron chi connectivity index (χ1n) is 8.74. The van der Waals surface area contributed by atoms with Gasteiger partial charge >= 0.3 is 6.61 Å². The number of ether oxygens (including phenoxy) is 1. The van der Waals surface area contributed by atoms with Crippen LogP contribution in [0.15, 0.2) is 30.5 Å². The highest BCUT2D eigenvalue weighted by Gasteiger charge is 2.32. The first-order chi connectivity index (χ1) is 12.6. The second-order valence-corrected chi connectivity index (χ2v) is 6.74. The van der Waals surface area contributed by atoms with Crippen molar-refractivity contribution in [1.29, 1.82) is 0 Å². The van der Waals surface area contributed by atoms with Crippen LogP contribution in [0.2, 0.25) is 0 Å². The highest BCUT2D eigenvalue weighted by atomic mass is 19.3. The van der Waals surface area contributed by atoms with Gasteiger partial charge in [0.05, 0.1) is 17.5 Å². The fourth-order valence-electron chi connectivity index (χ4n) is 3.79. The SMILES string of the molecule is O=C(c1cn[nH]c1-c1cccc(OC(F)F)c1)N1CCC2CCC(C1)N2. The summed E-state index contributed by atoms with van der Waals surface area (Å²) in [7, 11) is 0. The van der Waals surface area contributed by atoms with E-state index in [9.17, 15) is 13.6 Å². The van der Waals surface area contributed by atoms with Gasteiger partial charge in [-0.3, -0.25) is 9.89 Å². The lowest BCUT2D eigenvalue weighted by Gasteiger charge is -2.24. The summed E-state index contributed by atoms with van der Waals surface area (Å²) in [5.74, 6) is -0.0509. The molecule has 2 aliphatic heterocycles. The van der Waals surface area contributed by atoms with Crippen molar-refractivity contribution >= 4 is 5.91 Å². The van der Waals surface area contributed by atoms with E-state index >= 15 is 0 Å². The Balaban J connectivity index is 1.57. The Bertz CT molecular complexity index is 795. The monoisotopic (exact) mass is 362 g/mol. The second-order valence-electron chi connectivity index (χ2n) is 6.74. The molecule has 2 atom stereocenters. The molecule has 1 aromatic carbocycles. The van der Waals surface area contributed by atoms with Gasteiger partial charge in [-0.2, -0.15) is 13.9 Å². The van der Waals surface area contributed by atoms with Gasteiger partial charge in [0.2, 0.25) is 0 Å². The lowest BCUT2D eigenvalue weighted by atomic mass is 10.0. The molecule has 2 aliphatic rings. The average Bonchev–Trinajstić information content (AvgIpc) is 3.20. The Morgan fingerprint density at radius 3 is 2.96 bits per heavy atom. The number of aromatic amines is 1. The van der Waals surface area contributed by atoms with Gasteiger partial charge in [-0.05, 0) is 31.4 Å². The number of carbonyl (C=O) groups excluding carboxylic acids is 1. The van der Waals surface area contributed by atoms with Gasteiger partial charge in [0.25, 0.3) is 5.91 Å². The van der Waals surface area contributed by atoms with Gasteiger partial charge in [0.1, 0.15) is 5.75 Å². The Labute approximate surface area is 149 Å². The number of rotatable bonds is 4. The maximum Gasteiger partial charge on any atom is 0.387 e. The van der Waals surface area contributed by atoms with Crippen molar-refractivity contribution in [2.24, 2.45) is 0 Å². The predicted octanol–water partition coefficient (Wildman–Crippen LogP) is 2.64. The quantitative estimate of drug-likeness (QED) is 0.877. The van der Waals surface area contributed by atoms with Gasteiger partial charge < -0.3 is 15.0 Å². The number of nitrogens with one attached hydrogen (secondary N) is 2. The van der Waals surface area contributed by atoms with Gasteiger partial charge in [-0.1, -0.05) is 12.1 Å². The number of aromatic nitrogens is 2. The lowest BCUT2D eigenvalue weighted by molar-refractivity contribution is -0.0498. The van der Waals surface area contributed by atoms with Gasteiger partial charge in [-0.15, -0.1) is 0 Å². The molecule has 4 rings (SSSR count). The molecular formula is C18H20F2N4O2. The zero-order valence-corrected chi connectivity index (χ0v) is 14.1. The van der Waals surface area contributed by atoms with Crippen LogP contribution in [-0.2, 0) is 0 Å².